The van der Waals surface area contributed by atoms with Crippen LogP contribution in [0.15, 0.2) is 60.7 Å². The van der Waals surface area contributed by atoms with Crippen LogP contribution in [-0.2, 0) is 4.74 Å². The number of rotatable bonds is 4. The van der Waals surface area contributed by atoms with E-state index in [9.17, 15) is 0 Å². The molecule has 90 valence electrons. The van der Waals surface area contributed by atoms with Crippen molar-refractivity contribution in [1.82, 2.24) is 0 Å². The fourth-order valence-electron chi connectivity index (χ4n) is 1.76. The van der Waals surface area contributed by atoms with Crippen LogP contribution in [0, 0.1) is 12.3 Å². The summed E-state index contributed by atoms with van der Waals surface area (Å²) < 4.78 is 5.68. The van der Waals surface area contributed by atoms with Gasteiger partial charge in [0.2, 0.25) is 0 Å². The molecule has 0 bridgehead atoms. The highest BCUT2D eigenvalue weighted by Crippen LogP contribution is 2.28. The average molecular weight is 348 g/mol. The van der Waals surface area contributed by atoms with Gasteiger partial charge < -0.3 is 4.74 Å². The van der Waals surface area contributed by atoms with Gasteiger partial charge in [-0.1, -0.05) is 66.6 Å². The molecule has 18 heavy (non-hydrogen) atoms. The van der Waals surface area contributed by atoms with Gasteiger partial charge in [-0.25, -0.2) is 0 Å². The maximum Gasteiger partial charge on any atom is 0.170 e. The van der Waals surface area contributed by atoms with Crippen LogP contribution in [0.4, 0.5) is 0 Å². The molecule has 2 aromatic carbocycles. The molecule has 0 spiro atoms. The zero-order valence-corrected chi connectivity index (χ0v) is 11.9. The molecule has 2 heteroatoms. The molecule has 0 radical (unpaired) electrons. The number of hydrogen-bond donors (Lipinski definition) is 0. The number of ether oxygens (including phenoxy) is 1. The lowest BCUT2D eigenvalue weighted by Crippen LogP contribution is -2.11. The smallest absolute Gasteiger partial charge is 0.170 e. The van der Waals surface area contributed by atoms with E-state index in [0.29, 0.717) is 0 Å². The summed E-state index contributed by atoms with van der Waals surface area (Å²) in [5.74, 6) is 2.60. The van der Waals surface area contributed by atoms with E-state index in [0.717, 1.165) is 11.1 Å². The van der Waals surface area contributed by atoms with Crippen molar-refractivity contribution in [3.63, 3.8) is 0 Å². The highest BCUT2D eigenvalue weighted by molar-refractivity contribution is 14.1. The first-order valence-corrected chi connectivity index (χ1v) is 6.91. The summed E-state index contributed by atoms with van der Waals surface area (Å²) >= 11 is 2.12. The van der Waals surface area contributed by atoms with E-state index in [-0.39, 0.29) is 10.2 Å². The van der Waals surface area contributed by atoms with Gasteiger partial charge in [0.15, 0.2) is 4.11 Å². The molecule has 0 fully saturated rings. The van der Waals surface area contributed by atoms with Crippen LogP contribution in [0.3, 0.4) is 0 Å². The van der Waals surface area contributed by atoms with Crippen LogP contribution in [0.1, 0.15) is 17.2 Å². The van der Waals surface area contributed by atoms with Crippen LogP contribution in [-0.4, -0.2) is 4.11 Å². The predicted octanol–water partition coefficient (Wildman–Crippen LogP) is 4.19. The van der Waals surface area contributed by atoms with E-state index in [4.69, 9.17) is 11.2 Å². The third kappa shape index (κ3) is 3.34. The molecular weight excluding hydrogens is 335 g/mol. The molecule has 0 saturated heterocycles. The van der Waals surface area contributed by atoms with E-state index in [1.165, 1.54) is 0 Å². The summed E-state index contributed by atoms with van der Waals surface area (Å²) in [4.78, 5) is 0. The average Bonchev–Trinajstić information content (AvgIpc) is 2.46. The van der Waals surface area contributed by atoms with Gasteiger partial charge >= 0.3 is 0 Å². The zero-order valence-electron chi connectivity index (χ0n) is 9.79. The fraction of sp³-hybridized carbons (Fsp3) is 0.125. The topological polar surface area (TPSA) is 9.23 Å². The number of halogens is 1. The third-order valence-electron chi connectivity index (χ3n) is 2.59. The third-order valence-corrected chi connectivity index (χ3v) is 3.24. The lowest BCUT2D eigenvalue weighted by molar-refractivity contribution is 0.0976. The maximum atomic E-state index is 5.92. The van der Waals surface area contributed by atoms with Gasteiger partial charge in [0, 0.05) is 0 Å². The predicted molar refractivity (Wildman–Crippen MR) is 82.5 cm³/mol. The molecule has 0 aromatic heterocycles. The fourth-order valence-corrected chi connectivity index (χ4v) is 2.06. The van der Waals surface area contributed by atoms with Crippen LogP contribution in [0.2, 0.25) is 0 Å². The van der Waals surface area contributed by atoms with Crippen molar-refractivity contribution in [2.45, 2.75) is 10.2 Å². The summed E-state index contributed by atoms with van der Waals surface area (Å²) in [6.45, 7) is 0. The second-order valence-electron chi connectivity index (χ2n) is 3.82. The van der Waals surface area contributed by atoms with Crippen molar-refractivity contribution >= 4 is 22.6 Å². The van der Waals surface area contributed by atoms with Crippen molar-refractivity contribution in [3.8, 4) is 12.3 Å². The van der Waals surface area contributed by atoms with E-state index >= 15 is 0 Å². The number of terminal acetylenes is 1. The van der Waals surface area contributed by atoms with E-state index in [1.54, 1.807) is 0 Å². The molecule has 0 aliphatic rings. The van der Waals surface area contributed by atoms with E-state index < -0.39 is 0 Å². The Labute approximate surface area is 121 Å². The lowest BCUT2D eigenvalue weighted by Gasteiger charge is -2.20. The van der Waals surface area contributed by atoms with Crippen molar-refractivity contribution < 1.29 is 4.74 Å². The summed E-state index contributed by atoms with van der Waals surface area (Å²) in [7, 11) is 0. The Balaban J connectivity index is 2.33. The number of benzene rings is 2. The largest absolute Gasteiger partial charge is 0.343 e. The van der Waals surface area contributed by atoms with Crippen molar-refractivity contribution in [1.29, 1.82) is 0 Å². The summed E-state index contributed by atoms with van der Waals surface area (Å²) in [6, 6.07) is 20.2. The van der Waals surface area contributed by atoms with Crippen LogP contribution >= 0.6 is 22.6 Å². The Morgan fingerprint density at radius 2 is 1.33 bits per heavy atom. The van der Waals surface area contributed by atoms with Gasteiger partial charge in [-0.2, -0.15) is 0 Å². The molecule has 1 nitrogen and oxygen atoms in total. The van der Waals surface area contributed by atoms with Crippen LogP contribution in [0.25, 0.3) is 0 Å². The Morgan fingerprint density at radius 3 is 1.72 bits per heavy atom. The summed E-state index contributed by atoms with van der Waals surface area (Å²) in [5.41, 5.74) is 2.22. The Kier molecular flexibility index (Phi) is 4.80. The Bertz CT molecular complexity index is 476. The SMILES string of the molecule is C#CC(I)OC(c1ccccc1)c1ccccc1. The van der Waals surface area contributed by atoms with E-state index in [2.05, 4.69) is 52.8 Å². The molecule has 0 aliphatic carbocycles. The van der Waals surface area contributed by atoms with Crippen LogP contribution in [0.5, 0.6) is 0 Å². The minimum absolute atomic E-state index is 0.120. The van der Waals surface area contributed by atoms with Gasteiger partial charge in [-0.3, -0.25) is 0 Å². The monoisotopic (exact) mass is 348 g/mol. The van der Waals surface area contributed by atoms with E-state index in [1.807, 2.05) is 36.4 Å². The Hall–Kier alpha value is -1.31. The van der Waals surface area contributed by atoms with Crippen molar-refractivity contribution in [2.24, 2.45) is 0 Å². The second kappa shape index (κ2) is 6.58. The van der Waals surface area contributed by atoms with Gasteiger partial charge in [-0.05, 0) is 33.7 Å². The molecule has 0 saturated carbocycles. The van der Waals surface area contributed by atoms with Gasteiger partial charge in [0.25, 0.3) is 0 Å². The molecule has 1 unspecified atom stereocenters. The molecule has 0 N–H and O–H groups in total. The molecule has 1 atom stereocenters. The molecule has 2 aromatic rings. The number of alkyl halides is 1. The minimum atomic E-state index is -0.243. The summed E-state index contributed by atoms with van der Waals surface area (Å²) in [6.07, 6.45) is 5.27. The summed E-state index contributed by atoms with van der Waals surface area (Å²) in [5, 5.41) is 0. The highest BCUT2D eigenvalue weighted by atomic mass is 127. The van der Waals surface area contributed by atoms with Crippen molar-refractivity contribution in [3.05, 3.63) is 71.8 Å². The minimum Gasteiger partial charge on any atom is -0.343 e. The Morgan fingerprint density at radius 1 is 0.889 bits per heavy atom. The maximum absolute atomic E-state index is 5.92. The van der Waals surface area contributed by atoms with Crippen molar-refractivity contribution in [2.75, 3.05) is 0 Å². The zero-order chi connectivity index (χ0) is 12.8. The molecule has 0 amide bonds. The molecule has 2 rings (SSSR count). The van der Waals surface area contributed by atoms with Gasteiger partial charge in [0.05, 0.1) is 0 Å². The first-order chi connectivity index (χ1) is 8.81. The quantitative estimate of drug-likeness (QED) is 0.457. The standard InChI is InChI=1S/C16H13IO/c1-2-15(17)18-16(13-9-5-3-6-10-13)14-11-7-4-8-12-14/h1,3-12,15-16H. The normalized spacial score (nSPS) is 12.1. The molecule has 0 heterocycles. The molecular formula is C16H13IO. The van der Waals surface area contributed by atoms with Gasteiger partial charge in [0.1, 0.15) is 6.10 Å². The van der Waals surface area contributed by atoms with Crippen LogP contribution < -0.4 is 0 Å². The second-order valence-corrected chi connectivity index (χ2v) is 4.95. The molecule has 0 aliphatic heterocycles. The van der Waals surface area contributed by atoms with Gasteiger partial charge in [-0.15, -0.1) is 6.42 Å². The first kappa shape index (κ1) is 13.1. The first-order valence-electron chi connectivity index (χ1n) is 5.67. The lowest BCUT2D eigenvalue weighted by atomic mass is 10.0. The number of hydrogen-bond acceptors (Lipinski definition) is 1. The highest BCUT2D eigenvalue weighted by Gasteiger charge is 2.16.